The van der Waals surface area contributed by atoms with E-state index in [1.165, 1.54) is 11.8 Å². The number of thioether (sulfide) groups is 1. The number of unbranched alkanes of at least 4 members (excludes halogenated alkanes) is 1. The van der Waals surface area contributed by atoms with Crippen LogP contribution in [0.5, 0.6) is 0 Å². The maximum absolute atomic E-state index is 12.2. The standard InChI is InChI=1S/C19H26N4O6S3/c1-3-4-10-19(22-31(2,26)27,14-30-17-8-6-5-7-9-17)21-15-11-16(23(24)25)13-18(12-15)32(20,28)29/h5-9,11-13,21-22H,3-4,10,14H2,1-2H3,(H2,20,28,29)/t19-/m1/s1. The Morgan fingerprint density at radius 3 is 2.31 bits per heavy atom. The number of nitrogens with zero attached hydrogens (tertiary/aromatic N) is 1. The summed E-state index contributed by atoms with van der Waals surface area (Å²) < 4.78 is 50.8. The van der Waals surface area contributed by atoms with Gasteiger partial charge in [-0.3, -0.25) is 10.1 Å². The average molecular weight is 503 g/mol. The number of hydrogen-bond donors (Lipinski definition) is 3. The van der Waals surface area contributed by atoms with Crippen LogP contribution in [0.2, 0.25) is 0 Å². The maximum Gasteiger partial charge on any atom is 0.272 e. The third-order valence-corrected chi connectivity index (χ3v) is 7.28. The monoisotopic (exact) mass is 502 g/mol. The molecule has 10 nitrogen and oxygen atoms in total. The zero-order valence-corrected chi connectivity index (χ0v) is 20.1. The highest BCUT2D eigenvalue weighted by molar-refractivity contribution is 7.99. The van der Waals surface area contributed by atoms with Crippen molar-refractivity contribution in [2.75, 3.05) is 17.3 Å². The number of nitrogens with two attached hydrogens (primary N) is 1. The van der Waals surface area contributed by atoms with E-state index >= 15 is 0 Å². The van der Waals surface area contributed by atoms with E-state index in [4.69, 9.17) is 5.14 Å². The molecule has 2 aromatic carbocycles. The Morgan fingerprint density at radius 1 is 1.12 bits per heavy atom. The van der Waals surface area contributed by atoms with Gasteiger partial charge in [-0.25, -0.2) is 22.0 Å². The lowest BCUT2D eigenvalue weighted by molar-refractivity contribution is -0.385. The predicted octanol–water partition coefficient (Wildman–Crippen LogP) is 2.88. The highest BCUT2D eigenvalue weighted by atomic mass is 32.2. The number of nitrogens with one attached hydrogen (secondary N) is 2. The second kappa shape index (κ2) is 10.6. The summed E-state index contributed by atoms with van der Waals surface area (Å²) in [4.78, 5) is 11.0. The minimum atomic E-state index is -4.23. The molecule has 176 valence electrons. The fraction of sp³-hybridized carbons (Fsp3) is 0.368. The van der Waals surface area contributed by atoms with Gasteiger partial charge in [0.1, 0.15) is 5.66 Å². The molecule has 1 atom stereocenters. The van der Waals surface area contributed by atoms with Crippen molar-refractivity contribution in [2.24, 2.45) is 5.14 Å². The van der Waals surface area contributed by atoms with Crippen molar-refractivity contribution in [2.45, 2.75) is 41.6 Å². The maximum atomic E-state index is 12.2. The summed E-state index contributed by atoms with van der Waals surface area (Å²) in [6, 6.07) is 12.5. The first-order valence-electron chi connectivity index (χ1n) is 9.61. The molecule has 32 heavy (non-hydrogen) atoms. The molecular weight excluding hydrogens is 476 g/mol. The molecule has 4 N–H and O–H groups in total. The fourth-order valence-corrected chi connectivity index (χ4v) is 5.69. The number of nitro benzene ring substituents is 1. The molecule has 13 heteroatoms. The van der Waals surface area contributed by atoms with E-state index in [1.807, 2.05) is 37.3 Å². The Morgan fingerprint density at radius 2 is 1.78 bits per heavy atom. The van der Waals surface area contributed by atoms with Crippen LogP contribution in [-0.4, -0.2) is 39.4 Å². The van der Waals surface area contributed by atoms with Crippen LogP contribution in [-0.2, 0) is 20.0 Å². The molecule has 0 amide bonds. The lowest BCUT2D eigenvalue weighted by Gasteiger charge is -2.36. The fourth-order valence-electron chi connectivity index (χ4n) is 3.03. The number of sulfonamides is 2. The van der Waals surface area contributed by atoms with E-state index in [0.29, 0.717) is 12.8 Å². The number of non-ortho nitro benzene ring substituents is 1. The first-order valence-corrected chi connectivity index (χ1v) is 14.0. The molecule has 0 heterocycles. The van der Waals surface area contributed by atoms with Crippen molar-refractivity contribution in [3.63, 3.8) is 0 Å². The van der Waals surface area contributed by atoms with Gasteiger partial charge in [0.2, 0.25) is 20.0 Å². The molecule has 0 aliphatic heterocycles. The Bertz CT molecular complexity index is 1160. The van der Waals surface area contributed by atoms with E-state index in [0.717, 1.165) is 35.8 Å². The van der Waals surface area contributed by atoms with Crippen molar-refractivity contribution >= 4 is 43.2 Å². The lowest BCUT2D eigenvalue weighted by Crippen LogP contribution is -2.56. The van der Waals surface area contributed by atoms with Crippen LogP contribution in [0.1, 0.15) is 26.2 Å². The summed E-state index contributed by atoms with van der Waals surface area (Å²) in [5.41, 5.74) is -1.67. The van der Waals surface area contributed by atoms with Gasteiger partial charge in [-0.05, 0) is 31.0 Å². The predicted molar refractivity (Wildman–Crippen MR) is 125 cm³/mol. The molecular formula is C19H26N4O6S3. The van der Waals surface area contributed by atoms with Crippen LogP contribution in [0.3, 0.4) is 0 Å². The molecule has 0 aliphatic rings. The molecule has 0 unspecified atom stereocenters. The number of benzene rings is 2. The van der Waals surface area contributed by atoms with Crippen LogP contribution < -0.4 is 15.2 Å². The van der Waals surface area contributed by atoms with Crippen molar-refractivity contribution in [3.8, 4) is 0 Å². The van der Waals surface area contributed by atoms with E-state index in [2.05, 4.69) is 10.0 Å². The third-order valence-electron chi connectivity index (χ3n) is 4.38. The van der Waals surface area contributed by atoms with Gasteiger partial charge in [-0.1, -0.05) is 31.5 Å². The average Bonchev–Trinajstić information content (AvgIpc) is 2.69. The molecule has 0 saturated heterocycles. The molecule has 2 aromatic rings. The summed E-state index contributed by atoms with van der Waals surface area (Å²) in [5.74, 6) is 0.234. The molecule has 0 bridgehead atoms. The molecule has 0 aromatic heterocycles. The summed E-state index contributed by atoms with van der Waals surface area (Å²) in [6.07, 6.45) is 2.78. The van der Waals surface area contributed by atoms with Gasteiger partial charge in [0.05, 0.1) is 16.1 Å². The second-order valence-electron chi connectivity index (χ2n) is 7.30. The molecule has 0 aliphatic carbocycles. The van der Waals surface area contributed by atoms with Crippen LogP contribution >= 0.6 is 11.8 Å². The van der Waals surface area contributed by atoms with Gasteiger partial charge in [-0.2, -0.15) is 4.72 Å². The third kappa shape index (κ3) is 8.06. The number of nitro groups is 1. The van der Waals surface area contributed by atoms with E-state index < -0.39 is 41.2 Å². The highest BCUT2D eigenvalue weighted by Gasteiger charge is 2.34. The minimum absolute atomic E-state index is 0.0594. The van der Waals surface area contributed by atoms with Gasteiger partial charge in [0.25, 0.3) is 5.69 Å². The number of rotatable bonds is 12. The van der Waals surface area contributed by atoms with E-state index in [-0.39, 0.29) is 11.4 Å². The Kier molecular flexibility index (Phi) is 8.65. The Hall–Kier alpha value is -2.19. The van der Waals surface area contributed by atoms with Crippen molar-refractivity contribution in [1.29, 1.82) is 0 Å². The lowest BCUT2D eigenvalue weighted by atomic mass is 10.0. The van der Waals surface area contributed by atoms with Gasteiger partial charge in [0.15, 0.2) is 0 Å². The molecule has 0 fully saturated rings. The van der Waals surface area contributed by atoms with Crippen LogP contribution in [0.15, 0.2) is 58.3 Å². The Balaban J connectivity index is 2.54. The number of anilines is 1. The molecule has 0 saturated carbocycles. The van der Waals surface area contributed by atoms with Crippen LogP contribution in [0, 0.1) is 10.1 Å². The van der Waals surface area contributed by atoms with Crippen LogP contribution in [0.4, 0.5) is 11.4 Å². The molecule has 0 spiro atoms. The van der Waals surface area contributed by atoms with Crippen LogP contribution in [0.25, 0.3) is 0 Å². The van der Waals surface area contributed by atoms with Gasteiger partial charge >= 0.3 is 0 Å². The summed E-state index contributed by atoms with van der Waals surface area (Å²) in [5, 5.41) is 19.5. The SMILES string of the molecule is CCCC[C@@](CSc1ccccc1)(Nc1cc([N+](=O)[O-])cc(S(N)(=O)=O)c1)NS(C)(=O)=O. The van der Waals surface area contributed by atoms with E-state index in [9.17, 15) is 26.9 Å². The largest absolute Gasteiger partial charge is 0.366 e. The van der Waals surface area contributed by atoms with E-state index in [1.54, 1.807) is 0 Å². The molecule has 2 rings (SSSR count). The first-order chi connectivity index (χ1) is 14.8. The topological polar surface area (TPSA) is 161 Å². The highest BCUT2D eigenvalue weighted by Crippen LogP contribution is 2.31. The zero-order chi connectivity index (χ0) is 24.0. The minimum Gasteiger partial charge on any atom is -0.366 e. The number of hydrogen-bond acceptors (Lipinski definition) is 8. The first kappa shape index (κ1) is 26.1. The summed E-state index contributed by atoms with van der Waals surface area (Å²) in [6.45, 7) is 1.95. The van der Waals surface area contributed by atoms with Crippen molar-refractivity contribution < 1.29 is 21.8 Å². The Labute approximate surface area is 192 Å². The van der Waals surface area contributed by atoms with Gasteiger partial charge < -0.3 is 5.32 Å². The molecule has 0 radical (unpaired) electrons. The van der Waals surface area contributed by atoms with Gasteiger partial charge in [0, 0.05) is 28.5 Å². The van der Waals surface area contributed by atoms with Gasteiger partial charge in [-0.15, -0.1) is 11.8 Å². The van der Waals surface area contributed by atoms with Crippen molar-refractivity contribution in [3.05, 3.63) is 58.6 Å². The number of primary sulfonamides is 1. The second-order valence-corrected chi connectivity index (χ2v) is 11.7. The summed E-state index contributed by atoms with van der Waals surface area (Å²) >= 11 is 1.39. The summed E-state index contributed by atoms with van der Waals surface area (Å²) in [7, 11) is -7.94. The quantitative estimate of drug-likeness (QED) is 0.173. The smallest absolute Gasteiger partial charge is 0.272 e. The van der Waals surface area contributed by atoms with Crippen molar-refractivity contribution in [1.82, 2.24) is 4.72 Å². The normalized spacial score (nSPS) is 14.0. The zero-order valence-electron chi connectivity index (χ0n) is 17.6.